The van der Waals surface area contributed by atoms with Gasteiger partial charge in [-0.2, -0.15) is 0 Å². The molecule has 7 nitrogen and oxygen atoms in total. The van der Waals surface area contributed by atoms with Gasteiger partial charge < -0.3 is 14.7 Å². The third-order valence-electron chi connectivity index (χ3n) is 8.44. The van der Waals surface area contributed by atoms with Crippen LogP contribution in [0.4, 0.5) is 5.69 Å². The number of allylic oxidation sites excluding steroid dienone is 1. The van der Waals surface area contributed by atoms with E-state index < -0.39 is 27.3 Å². The first kappa shape index (κ1) is 28.0. The zero-order valence-corrected chi connectivity index (χ0v) is 24.0. The molecule has 5 unspecified atom stereocenters. The summed E-state index contributed by atoms with van der Waals surface area (Å²) in [6.07, 6.45) is 6.84. The summed E-state index contributed by atoms with van der Waals surface area (Å²) < 4.78 is 34.3. The van der Waals surface area contributed by atoms with E-state index in [0.29, 0.717) is 30.5 Å². The van der Waals surface area contributed by atoms with Gasteiger partial charge in [0.2, 0.25) is 10.0 Å². The number of carbonyl (C=O) groups is 1. The highest BCUT2D eigenvalue weighted by Crippen LogP contribution is 2.42. The minimum Gasteiger partial charge on any atom is -0.491 e. The van der Waals surface area contributed by atoms with Gasteiger partial charge in [-0.25, -0.2) is 13.1 Å². The van der Waals surface area contributed by atoms with Crippen molar-refractivity contribution in [2.24, 2.45) is 11.8 Å². The summed E-state index contributed by atoms with van der Waals surface area (Å²) in [5, 5.41) is 10.8. The van der Waals surface area contributed by atoms with Gasteiger partial charge >= 0.3 is 0 Å². The smallest absolute Gasteiger partial charge is 0.264 e. The Bertz CT molecular complexity index is 1360. The molecule has 39 heavy (non-hydrogen) atoms. The van der Waals surface area contributed by atoms with Crippen LogP contribution < -0.4 is 14.4 Å². The molecule has 2 aromatic carbocycles. The van der Waals surface area contributed by atoms with E-state index in [4.69, 9.17) is 16.3 Å². The van der Waals surface area contributed by atoms with Gasteiger partial charge in [-0.15, -0.1) is 0 Å². The summed E-state index contributed by atoms with van der Waals surface area (Å²) >= 11 is 6.35. The molecule has 0 aromatic heterocycles. The minimum absolute atomic E-state index is 0.0696. The molecule has 5 atom stereocenters. The standard InChI is InChI=1S/C30H37ClN2O5S/c1-3-5-20-14-24(31)10-12-25(20)23-17-33-16-22-8-11-26(22)28(34)7-4-6-19(2)39(36,37)32-30(35)21-9-13-29(38-18-23)27(33)15-21/h4,7,9-10,12-15,19,22-23,26,28,34H,3,5-6,8,11,16-18H2,1-2H3,(H,32,35)/b7-4-. The predicted octanol–water partition coefficient (Wildman–Crippen LogP) is 5.07. The number of nitrogens with zero attached hydrogens (tertiary/aromatic N) is 1. The van der Waals surface area contributed by atoms with E-state index in [0.717, 1.165) is 31.4 Å². The van der Waals surface area contributed by atoms with Crippen molar-refractivity contribution < 1.29 is 23.1 Å². The zero-order chi connectivity index (χ0) is 27.7. The molecular weight excluding hydrogens is 536 g/mol. The summed E-state index contributed by atoms with van der Waals surface area (Å²) in [4.78, 5) is 15.3. The Morgan fingerprint density at radius 3 is 2.72 bits per heavy atom. The number of carbonyl (C=O) groups excluding carboxylic acids is 1. The lowest BCUT2D eigenvalue weighted by Crippen LogP contribution is -2.44. The van der Waals surface area contributed by atoms with Gasteiger partial charge in [0.15, 0.2) is 0 Å². The molecule has 0 spiro atoms. The monoisotopic (exact) mass is 572 g/mol. The predicted molar refractivity (Wildman–Crippen MR) is 154 cm³/mol. The first-order chi connectivity index (χ1) is 18.7. The topological polar surface area (TPSA) is 95.9 Å². The van der Waals surface area contributed by atoms with E-state index in [1.54, 1.807) is 37.3 Å². The lowest BCUT2D eigenvalue weighted by atomic mass is 9.70. The Morgan fingerprint density at radius 1 is 1.15 bits per heavy atom. The molecule has 0 radical (unpaired) electrons. The number of aliphatic hydroxyl groups is 1. The van der Waals surface area contributed by atoms with Crippen molar-refractivity contribution in [3.05, 3.63) is 70.3 Å². The van der Waals surface area contributed by atoms with Crippen molar-refractivity contribution in [1.82, 2.24) is 4.72 Å². The van der Waals surface area contributed by atoms with Gasteiger partial charge in [0, 0.05) is 29.6 Å². The van der Waals surface area contributed by atoms with E-state index in [9.17, 15) is 18.3 Å². The molecule has 1 amide bonds. The highest BCUT2D eigenvalue weighted by atomic mass is 35.5. The van der Waals surface area contributed by atoms with Crippen LogP contribution in [0.3, 0.4) is 0 Å². The van der Waals surface area contributed by atoms with Gasteiger partial charge in [0.1, 0.15) is 5.75 Å². The number of hydrogen-bond donors (Lipinski definition) is 2. The van der Waals surface area contributed by atoms with Crippen molar-refractivity contribution in [2.75, 3.05) is 24.6 Å². The summed E-state index contributed by atoms with van der Waals surface area (Å²) in [6, 6.07) is 11.2. The average molecular weight is 573 g/mol. The van der Waals surface area contributed by atoms with Crippen molar-refractivity contribution in [1.29, 1.82) is 0 Å². The second kappa shape index (κ2) is 11.5. The molecule has 3 aliphatic rings. The van der Waals surface area contributed by atoms with E-state index >= 15 is 0 Å². The largest absolute Gasteiger partial charge is 0.491 e. The molecule has 1 fully saturated rings. The third kappa shape index (κ3) is 5.98. The number of ether oxygens (including phenoxy) is 1. The highest BCUT2D eigenvalue weighted by Gasteiger charge is 2.38. The molecular formula is C30H37ClN2O5S. The number of fused-ring (bicyclic) bond motifs is 2. The van der Waals surface area contributed by atoms with Crippen LogP contribution >= 0.6 is 11.6 Å². The lowest BCUT2D eigenvalue weighted by Gasteiger charge is -2.42. The van der Waals surface area contributed by atoms with Crippen LogP contribution in [0.2, 0.25) is 5.02 Å². The molecule has 210 valence electrons. The first-order valence-electron chi connectivity index (χ1n) is 13.9. The maximum atomic E-state index is 13.1. The van der Waals surface area contributed by atoms with Gasteiger partial charge in [-0.3, -0.25) is 4.79 Å². The quantitative estimate of drug-likeness (QED) is 0.499. The Labute approximate surface area is 236 Å². The molecule has 1 aliphatic carbocycles. The van der Waals surface area contributed by atoms with Crippen LogP contribution in [0.15, 0.2) is 48.6 Å². The summed E-state index contributed by atoms with van der Waals surface area (Å²) in [6.45, 7) is 5.56. The molecule has 5 rings (SSSR count). The number of anilines is 1. The third-order valence-corrected chi connectivity index (χ3v) is 10.4. The van der Waals surface area contributed by atoms with Crippen LogP contribution in [0.5, 0.6) is 5.75 Å². The fourth-order valence-corrected chi connectivity index (χ4v) is 7.11. The Hall–Kier alpha value is -2.55. The van der Waals surface area contributed by atoms with Crippen LogP contribution in [0, 0.1) is 11.8 Å². The van der Waals surface area contributed by atoms with Crippen molar-refractivity contribution in [2.45, 2.75) is 63.2 Å². The second-order valence-electron chi connectivity index (χ2n) is 11.1. The van der Waals surface area contributed by atoms with Crippen LogP contribution in [-0.4, -0.2) is 50.5 Å². The van der Waals surface area contributed by atoms with Gasteiger partial charge in [-0.05, 0) is 85.9 Å². The number of amides is 1. The average Bonchev–Trinajstić information content (AvgIpc) is 3.05. The van der Waals surface area contributed by atoms with E-state index in [1.807, 2.05) is 12.1 Å². The molecule has 2 N–H and O–H groups in total. The van der Waals surface area contributed by atoms with Crippen LogP contribution in [-0.2, 0) is 16.4 Å². The molecule has 2 heterocycles. The van der Waals surface area contributed by atoms with Crippen molar-refractivity contribution in [3.8, 4) is 5.75 Å². The molecule has 1 saturated carbocycles. The number of benzene rings is 2. The number of aryl methyl sites for hydroxylation is 1. The Balaban J connectivity index is 1.55. The van der Waals surface area contributed by atoms with Gasteiger partial charge in [0.25, 0.3) is 5.91 Å². The van der Waals surface area contributed by atoms with Crippen LogP contribution in [0.1, 0.15) is 66.9 Å². The number of sulfonamides is 1. The fourth-order valence-electron chi connectivity index (χ4n) is 5.98. The van der Waals surface area contributed by atoms with E-state index in [1.165, 1.54) is 11.1 Å². The minimum atomic E-state index is -3.90. The highest BCUT2D eigenvalue weighted by molar-refractivity contribution is 7.90. The van der Waals surface area contributed by atoms with Gasteiger partial charge in [-0.1, -0.05) is 43.2 Å². The number of rotatable bonds is 3. The maximum absolute atomic E-state index is 13.1. The second-order valence-corrected chi connectivity index (χ2v) is 13.7. The summed E-state index contributed by atoms with van der Waals surface area (Å²) in [5.74, 6) is 0.435. The maximum Gasteiger partial charge on any atom is 0.264 e. The molecule has 2 bridgehead atoms. The first-order valence-corrected chi connectivity index (χ1v) is 15.8. The SMILES string of the molecule is CCCc1cc(Cl)ccc1C1COc2ccc3cc2N(C1)CC1CCC1C(O)/C=C\CC(C)S(=O)(=O)NC3=O. The van der Waals surface area contributed by atoms with E-state index in [2.05, 4.69) is 22.6 Å². The Kier molecular flexibility index (Phi) is 8.26. The number of hydrogen-bond acceptors (Lipinski definition) is 6. The normalized spacial score (nSPS) is 29.4. The van der Waals surface area contributed by atoms with Crippen LogP contribution in [0.25, 0.3) is 0 Å². The summed E-state index contributed by atoms with van der Waals surface area (Å²) in [7, 11) is -3.90. The fraction of sp³-hybridized carbons (Fsp3) is 0.500. The molecule has 2 aliphatic heterocycles. The summed E-state index contributed by atoms with van der Waals surface area (Å²) in [5.41, 5.74) is 3.46. The lowest BCUT2D eigenvalue weighted by molar-refractivity contribution is 0.0461. The van der Waals surface area contributed by atoms with Crippen molar-refractivity contribution >= 4 is 33.2 Å². The van der Waals surface area contributed by atoms with Crippen molar-refractivity contribution in [3.63, 3.8) is 0 Å². The van der Waals surface area contributed by atoms with Gasteiger partial charge in [0.05, 0.1) is 23.6 Å². The number of nitrogens with one attached hydrogen (secondary N) is 1. The Morgan fingerprint density at radius 2 is 1.97 bits per heavy atom. The zero-order valence-electron chi connectivity index (χ0n) is 22.5. The number of halogens is 1. The number of aliphatic hydroxyl groups excluding tert-OH is 1. The molecule has 0 saturated heterocycles. The van der Waals surface area contributed by atoms with E-state index in [-0.39, 0.29) is 29.7 Å². The molecule has 2 aromatic rings. The molecule has 9 heteroatoms.